The van der Waals surface area contributed by atoms with E-state index in [2.05, 4.69) is 48.7 Å². The molecule has 0 amide bonds. The van der Waals surface area contributed by atoms with Gasteiger partial charge in [0, 0.05) is 75.5 Å². The molecule has 0 bridgehead atoms. The molecule has 0 spiro atoms. The van der Waals surface area contributed by atoms with Crippen LogP contribution in [0.2, 0.25) is 0 Å². The van der Waals surface area contributed by atoms with E-state index in [0.29, 0.717) is 18.0 Å². The fourth-order valence-corrected chi connectivity index (χ4v) is 4.23. The van der Waals surface area contributed by atoms with E-state index in [4.69, 9.17) is 0 Å². The van der Waals surface area contributed by atoms with Crippen molar-refractivity contribution in [1.29, 1.82) is 0 Å². The van der Waals surface area contributed by atoms with E-state index < -0.39 is 0 Å². The SMILES string of the molecule is CN1C[C@@H](NC2CCN(c3cnccn3)CC2)[C@H](c2cncn2C)C1. The van der Waals surface area contributed by atoms with Gasteiger partial charge in [0.05, 0.1) is 12.5 Å². The van der Waals surface area contributed by atoms with Crippen molar-refractivity contribution in [3.63, 3.8) is 0 Å². The lowest BCUT2D eigenvalue weighted by Crippen LogP contribution is -2.48. The zero-order valence-corrected chi connectivity index (χ0v) is 15.0. The molecule has 0 unspecified atom stereocenters. The lowest BCUT2D eigenvalue weighted by Gasteiger charge is -2.35. The normalized spacial score (nSPS) is 25.6. The third-order valence-corrected chi connectivity index (χ3v) is 5.55. The topological polar surface area (TPSA) is 62.1 Å². The Labute approximate surface area is 149 Å². The summed E-state index contributed by atoms with van der Waals surface area (Å²) in [5.74, 6) is 1.50. The molecule has 2 fully saturated rings. The van der Waals surface area contributed by atoms with Gasteiger partial charge < -0.3 is 19.7 Å². The molecule has 1 N–H and O–H groups in total. The van der Waals surface area contributed by atoms with E-state index in [9.17, 15) is 0 Å². The minimum Gasteiger partial charge on any atom is -0.355 e. The average molecular weight is 341 g/mol. The molecule has 0 aromatic carbocycles. The van der Waals surface area contributed by atoms with Crippen LogP contribution >= 0.6 is 0 Å². The van der Waals surface area contributed by atoms with E-state index in [1.807, 2.05) is 18.7 Å². The smallest absolute Gasteiger partial charge is 0.147 e. The quantitative estimate of drug-likeness (QED) is 0.890. The number of piperidine rings is 1. The Kier molecular flexibility index (Phi) is 4.67. The van der Waals surface area contributed by atoms with E-state index in [0.717, 1.165) is 44.8 Å². The maximum atomic E-state index is 4.42. The van der Waals surface area contributed by atoms with E-state index in [-0.39, 0.29) is 0 Å². The highest BCUT2D eigenvalue weighted by molar-refractivity contribution is 5.35. The first-order chi connectivity index (χ1) is 12.2. The van der Waals surface area contributed by atoms with Gasteiger partial charge in [-0.15, -0.1) is 0 Å². The number of nitrogens with zero attached hydrogens (tertiary/aromatic N) is 6. The van der Waals surface area contributed by atoms with Crippen molar-refractivity contribution in [1.82, 2.24) is 29.7 Å². The van der Waals surface area contributed by atoms with Crippen LogP contribution in [0.1, 0.15) is 24.5 Å². The van der Waals surface area contributed by atoms with Gasteiger partial charge in [-0.2, -0.15) is 0 Å². The number of hydrogen-bond donors (Lipinski definition) is 1. The molecule has 2 aromatic heterocycles. The van der Waals surface area contributed by atoms with Crippen molar-refractivity contribution in [2.75, 3.05) is 38.1 Å². The minimum atomic E-state index is 0.494. The molecular formula is C18H27N7. The predicted octanol–water partition coefficient (Wildman–Crippen LogP) is 0.866. The summed E-state index contributed by atoms with van der Waals surface area (Å²) in [5.41, 5.74) is 1.33. The van der Waals surface area contributed by atoms with Crippen LogP contribution in [0.5, 0.6) is 0 Å². The van der Waals surface area contributed by atoms with Crippen LogP contribution in [0.25, 0.3) is 0 Å². The first-order valence-corrected chi connectivity index (χ1v) is 9.12. The number of anilines is 1. The summed E-state index contributed by atoms with van der Waals surface area (Å²) in [4.78, 5) is 17.7. The molecule has 2 aromatic rings. The molecule has 4 rings (SSSR count). The number of likely N-dealkylation sites (tertiary alicyclic amines) is 1. The summed E-state index contributed by atoms with van der Waals surface area (Å²) in [6.45, 7) is 4.26. The van der Waals surface area contributed by atoms with E-state index >= 15 is 0 Å². The number of likely N-dealkylation sites (N-methyl/N-ethyl adjacent to an activating group) is 1. The van der Waals surface area contributed by atoms with Crippen LogP contribution in [0.3, 0.4) is 0 Å². The van der Waals surface area contributed by atoms with Crippen molar-refractivity contribution < 1.29 is 0 Å². The summed E-state index contributed by atoms with van der Waals surface area (Å²) in [6, 6.07) is 1.06. The molecule has 0 aliphatic carbocycles. The Hall–Kier alpha value is -1.99. The van der Waals surface area contributed by atoms with Gasteiger partial charge in [-0.3, -0.25) is 4.98 Å². The maximum Gasteiger partial charge on any atom is 0.147 e. The monoisotopic (exact) mass is 341 g/mol. The van der Waals surface area contributed by atoms with Crippen LogP contribution in [0.15, 0.2) is 31.1 Å². The van der Waals surface area contributed by atoms with Crippen molar-refractivity contribution >= 4 is 5.82 Å². The molecular weight excluding hydrogens is 314 g/mol. The zero-order valence-electron chi connectivity index (χ0n) is 15.0. The van der Waals surface area contributed by atoms with Gasteiger partial charge in [-0.25, -0.2) is 9.97 Å². The first-order valence-electron chi connectivity index (χ1n) is 9.12. The maximum absolute atomic E-state index is 4.42. The number of rotatable bonds is 4. The van der Waals surface area contributed by atoms with Crippen LogP contribution in [-0.4, -0.2) is 69.7 Å². The first kappa shape index (κ1) is 16.5. The second kappa shape index (κ2) is 7.09. The van der Waals surface area contributed by atoms with E-state index in [1.165, 1.54) is 5.69 Å². The standard InChI is InChI=1S/C18H27N7/c1-23-11-15(17-9-20-13-24(17)2)16(12-23)22-14-3-7-25(8-4-14)18-10-19-5-6-21-18/h5-6,9-10,13-16,22H,3-4,7-8,11-12H2,1-2H3/t15-,16-/m1/s1. The van der Waals surface area contributed by atoms with Crippen molar-refractivity contribution in [2.24, 2.45) is 7.05 Å². The predicted molar refractivity (Wildman–Crippen MR) is 97.6 cm³/mol. The highest BCUT2D eigenvalue weighted by atomic mass is 15.2. The van der Waals surface area contributed by atoms with Gasteiger partial charge >= 0.3 is 0 Å². The molecule has 2 aliphatic rings. The minimum absolute atomic E-state index is 0.494. The van der Waals surface area contributed by atoms with Crippen LogP contribution in [0.4, 0.5) is 5.82 Å². The summed E-state index contributed by atoms with van der Waals surface area (Å²) >= 11 is 0. The lowest BCUT2D eigenvalue weighted by atomic mass is 9.97. The molecule has 4 heterocycles. The van der Waals surface area contributed by atoms with Crippen LogP contribution in [-0.2, 0) is 7.05 Å². The second-order valence-electron chi connectivity index (χ2n) is 7.36. The molecule has 2 aliphatic heterocycles. The number of aromatic nitrogens is 4. The zero-order chi connectivity index (χ0) is 17.2. The molecule has 7 heteroatoms. The molecule has 0 saturated carbocycles. The van der Waals surface area contributed by atoms with Crippen molar-refractivity contribution in [3.05, 3.63) is 36.8 Å². The molecule has 7 nitrogen and oxygen atoms in total. The van der Waals surface area contributed by atoms with Crippen LogP contribution in [0, 0.1) is 0 Å². The summed E-state index contributed by atoms with van der Waals surface area (Å²) in [6.07, 6.45) is 11.6. The Bertz CT molecular complexity index is 678. The fourth-order valence-electron chi connectivity index (χ4n) is 4.23. The summed E-state index contributed by atoms with van der Waals surface area (Å²) in [5, 5.41) is 3.94. The fraction of sp³-hybridized carbons (Fsp3) is 0.611. The number of imidazole rings is 1. The van der Waals surface area contributed by atoms with Crippen molar-refractivity contribution in [3.8, 4) is 0 Å². The van der Waals surface area contributed by atoms with Gasteiger partial charge in [0.1, 0.15) is 5.82 Å². The van der Waals surface area contributed by atoms with Crippen molar-refractivity contribution in [2.45, 2.75) is 30.8 Å². The lowest BCUT2D eigenvalue weighted by molar-refractivity contribution is 0.344. The van der Waals surface area contributed by atoms with Gasteiger partial charge in [0.15, 0.2) is 0 Å². The van der Waals surface area contributed by atoms with Gasteiger partial charge in [0.2, 0.25) is 0 Å². The molecule has 134 valence electrons. The highest BCUT2D eigenvalue weighted by Gasteiger charge is 2.35. The Morgan fingerprint density at radius 1 is 1.04 bits per heavy atom. The number of aryl methyl sites for hydroxylation is 1. The molecule has 2 saturated heterocycles. The van der Waals surface area contributed by atoms with Crippen LogP contribution < -0.4 is 10.2 Å². The largest absolute Gasteiger partial charge is 0.355 e. The third-order valence-electron chi connectivity index (χ3n) is 5.55. The number of nitrogens with one attached hydrogen (secondary N) is 1. The third kappa shape index (κ3) is 3.52. The Morgan fingerprint density at radius 2 is 1.88 bits per heavy atom. The average Bonchev–Trinajstić information content (AvgIpc) is 3.21. The summed E-state index contributed by atoms with van der Waals surface area (Å²) in [7, 11) is 4.30. The second-order valence-corrected chi connectivity index (χ2v) is 7.36. The Balaban J connectivity index is 1.37. The molecule has 0 radical (unpaired) electrons. The van der Waals surface area contributed by atoms with E-state index in [1.54, 1.807) is 12.4 Å². The highest BCUT2D eigenvalue weighted by Crippen LogP contribution is 2.28. The summed E-state index contributed by atoms with van der Waals surface area (Å²) < 4.78 is 2.16. The van der Waals surface area contributed by atoms with Gasteiger partial charge in [-0.05, 0) is 19.9 Å². The molecule has 2 atom stereocenters. The molecule has 25 heavy (non-hydrogen) atoms. The Morgan fingerprint density at radius 3 is 2.56 bits per heavy atom. The van der Waals surface area contributed by atoms with Gasteiger partial charge in [-0.1, -0.05) is 0 Å². The van der Waals surface area contributed by atoms with Gasteiger partial charge in [0.25, 0.3) is 0 Å². The number of hydrogen-bond acceptors (Lipinski definition) is 6.